The molecule has 1 aliphatic rings. The standard InChI is InChI=1S/C20H26N2O4/c1-15-3-8-19(26-15)18(22-9-11-25-12-10-22)14-21-20(23)13-16-4-6-17(24-2)7-5-16/h3-8,18H,9-14H2,1-2H3,(H,21,23). The number of hydrogen-bond donors (Lipinski definition) is 1. The minimum atomic E-state index is -0.00305. The Morgan fingerprint density at radius 2 is 1.92 bits per heavy atom. The predicted molar refractivity (Wildman–Crippen MR) is 98.3 cm³/mol. The molecule has 0 bridgehead atoms. The van der Waals surface area contributed by atoms with Crippen LogP contribution >= 0.6 is 0 Å². The van der Waals surface area contributed by atoms with E-state index >= 15 is 0 Å². The van der Waals surface area contributed by atoms with Crippen LogP contribution < -0.4 is 10.1 Å². The van der Waals surface area contributed by atoms with Crippen LogP contribution in [0.3, 0.4) is 0 Å². The van der Waals surface area contributed by atoms with Crippen LogP contribution in [0.5, 0.6) is 5.75 Å². The summed E-state index contributed by atoms with van der Waals surface area (Å²) >= 11 is 0. The van der Waals surface area contributed by atoms with Crippen molar-refractivity contribution in [1.29, 1.82) is 0 Å². The number of methoxy groups -OCH3 is 1. The van der Waals surface area contributed by atoms with Crippen LogP contribution in [0.4, 0.5) is 0 Å². The van der Waals surface area contributed by atoms with Crippen LogP contribution in [0, 0.1) is 6.92 Å². The van der Waals surface area contributed by atoms with E-state index in [1.54, 1.807) is 7.11 Å². The molecule has 6 heteroatoms. The Bertz CT molecular complexity index is 705. The number of ether oxygens (including phenoxy) is 2. The zero-order chi connectivity index (χ0) is 18.4. The lowest BCUT2D eigenvalue weighted by Crippen LogP contribution is -2.43. The van der Waals surface area contributed by atoms with E-state index in [2.05, 4.69) is 10.2 Å². The first kappa shape index (κ1) is 18.5. The van der Waals surface area contributed by atoms with E-state index in [4.69, 9.17) is 13.9 Å². The van der Waals surface area contributed by atoms with Gasteiger partial charge in [-0.1, -0.05) is 12.1 Å². The molecule has 1 fully saturated rings. The third-order valence-corrected chi connectivity index (χ3v) is 4.59. The fraction of sp³-hybridized carbons (Fsp3) is 0.450. The summed E-state index contributed by atoms with van der Waals surface area (Å²) in [5, 5.41) is 3.05. The Kier molecular flexibility index (Phi) is 6.30. The Hall–Kier alpha value is -2.31. The molecular formula is C20H26N2O4. The van der Waals surface area contributed by atoms with Crippen molar-refractivity contribution >= 4 is 5.91 Å². The summed E-state index contributed by atoms with van der Waals surface area (Å²) in [5.41, 5.74) is 0.958. The zero-order valence-electron chi connectivity index (χ0n) is 15.4. The molecule has 1 aromatic heterocycles. The fourth-order valence-corrected chi connectivity index (χ4v) is 3.13. The van der Waals surface area contributed by atoms with Crippen molar-refractivity contribution in [1.82, 2.24) is 10.2 Å². The van der Waals surface area contributed by atoms with E-state index in [1.807, 2.05) is 43.3 Å². The van der Waals surface area contributed by atoms with Crippen molar-refractivity contribution in [2.75, 3.05) is 40.0 Å². The summed E-state index contributed by atoms with van der Waals surface area (Å²) < 4.78 is 16.4. The number of nitrogens with one attached hydrogen (secondary N) is 1. The van der Waals surface area contributed by atoms with Gasteiger partial charge in [0.15, 0.2) is 0 Å². The van der Waals surface area contributed by atoms with E-state index in [-0.39, 0.29) is 11.9 Å². The van der Waals surface area contributed by atoms with Gasteiger partial charge in [0.05, 0.1) is 32.8 Å². The SMILES string of the molecule is COc1ccc(CC(=O)NCC(c2ccc(C)o2)N2CCOCC2)cc1. The van der Waals surface area contributed by atoms with Crippen LogP contribution in [0.15, 0.2) is 40.8 Å². The molecule has 1 aliphatic heterocycles. The molecule has 0 radical (unpaired) electrons. The summed E-state index contributed by atoms with van der Waals surface area (Å²) in [4.78, 5) is 14.7. The number of hydrogen-bond acceptors (Lipinski definition) is 5. The van der Waals surface area contributed by atoms with Gasteiger partial charge in [0, 0.05) is 19.6 Å². The molecule has 1 saturated heterocycles. The molecule has 1 unspecified atom stereocenters. The van der Waals surface area contributed by atoms with Gasteiger partial charge < -0.3 is 19.2 Å². The van der Waals surface area contributed by atoms with Crippen LogP contribution in [0.2, 0.25) is 0 Å². The first-order valence-electron chi connectivity index (χ1n) is 8.93. The van der Waals surface area contributed by atoms with Gasteiger partial charge >= 0.3 is 0 Å². The molecule has 26 heavy (non-hydrogen) atoms. The summed E-state index contributed by atoms with van der Waals surface area (Å²) in [6, 6.07) is 11.5. The molecule has 1 N–H and O–H groups in total. The molecule has 0 aliphatic carbocycles. The van der Waals surface area contributed by atoms with Crippen molar-refractivity contribution in [2.45, 2.75) is 19.4 Å². The largest absolute Gasteiger partial charge is 0.497 e. The summed E-state index contributed by atoms with van der Waals surface area (Å²) in [6.07, 6.45) is 0.344. The smallest absolute Gasteiger partial charge is 0.224 e. The maximum absolute atomic E-state index is 12.4. The molecule has 6 nitrogen and oxygen atoms in total. The first-order chi connectivity index (χ1) is 12.7. The van der Waals surface area contributed by atoms with Gasteiger partial charge in [-0.05, 0) is 36.8 Å². The third-order valence-electron chi connectivity index (χ3n) is 4.59. The van der Waals surface area contributed by atoms with Crippen molar-refractivity contribution in [3.8, 4) is 5.75 Å². The Morgan fingerprint density at radius 3 is 2.54 bits per heavy atom. The van der Waals surface area contributed by atoms with Crippen LogP contribution in [0.1, 0.15) is 23.1 Å². The lowest BCUT2D eigenvalue weighted by Gasteiger charge is -2.33. The number of aryl methyl sites for hydroxylation is 1. The number of carbonyl (C=O) groups is 1. The number of nitrogens with zero attached hydrogens (tertiary/aromatic N) is 1. The number of carbonyl (C=O) groups excluding carboxylic acids is 1. The van der Waals surface area contributed by atoms with E-state index in [1.165, 1.54) is 0 Å². The van der Waals surface area contributed by atoms with Crippen LogP contribution in [0.25, 0.3) is 0 Å². The van der Waals surface area contributed by atoms with Gasteiger partial charge in [0.25, 0.3) is 0 Å². The van der Waals surface area contributed by atoms with E-state index < -0.39 is 0 Å². The average molecular weight is 358 g/mol. The predicted octanol–water partition coefficient (Wildman–Crippen LogP) is 2.33. The molecule has 2 aromatic rings. The third kappa shape index (κ3) is 4.86. The van der Waals surface area contributed by atoms with Gasteiger partial charge in [-0.3, -0.25) is 9.69 Å². The van der Waals surface area contributed by atoms with Gasteiger partial charge in [0.1, 0.15) is 17.3 Å². The van der Waals surface area contributed by atoms with E-state index in [0.29, 0.717) is 26.2 Å². The van der Waals surface area contributed by atoms with E-state index in [0.717, 1.165) is 35.9 Å². The topological polar surface area (TPSA) is 63.9 Å². The zero-order valence-corrected chi connectivity index (χ0v) is 15.4. The Balaban J connectivity index is 1.60. The molecule has 0 saturated carbocycles. The van der Waals surface area contributed by atoms with Gasteiger partial charge in [-0.2, -0.15) is 0 Å². The molecule has 1 atom stereocenters. The highest BCUT2D eigenvalue weighted by molar-refractivity contribution is 5.78. The number of furan rings is 1. The highest BCUT2D eigenvalue weighted by atomic mass is 16.5. The lowest BCUT2D eigenvalue weighted by molar-refractivity contribution is -0.120. The quantitative estimate of drug-likeness (QED) is 0.823. The number of benzene rings is 1. The lowest BCUT2D eigenvalue weighted by atomic mass is 10.1. The van der Waals surface area contributed by atoms with Gasteiger partial charge in [0.2, 0.25) is 5.91 Å². The monoisotopic (exact) mass is 358 g/mol. The minimum Gasteiger partial charge on any atom is -0.497 e. The molecule has 3 rings (SSSR count). The number of rotatable bonds is 7. The average Bonchev–Trinajstić information content (AvgIpc) is 3.09. The van der Waals surface area contributed by atoms with E-state index in [9.17, 15) is 4.79 Å². The molecule has 1 amide bonds. The summed E-state index contributed by atoms with van der Waals surface area (Å²) in [6.45, 7) is 5.52. The highest BCUT2D eigenvalue weighted by Gasteiger charge is 2.25. The number of morpholine rings is 1. The van der Waals surface area contributed by atoms with Crippen molar-refractivity contribution in [2.24, 2.45) is 0 Å². The van der Waals surface area contributed by atoms with Crippen molar-refractivity contribution in [3.63, 3.8) is 0 Å². The number of amides is 1. The maximum atomic E-state index is 12.4. The summed E-state index contributed by atoms with van der Waals surface area (Å²) in [7, 11) is 1.63. The highest BCUT2D eigenvalue weighted by Crippen LogP contribution is 2.23. The van der Waals surface area contributed by atoms with Crippen molar-refractivity contribution in [3.05, 3.63) is 53.5 Å². The normalized spacial score (nSPS) is 16.2. The summed E-state index contributed by atoms with van der Waals surface area (Å²) in [5.74, 6) is 2.54. The van der Waals surface area contributed by atoms with Crippen LogP contribution in [-0.2, 0) is 16.0 Å². The minimum absolute atomic E-state index is 0.00305. The van der Waals surface area contributed by atoms with Gasteiger partial charge in [-0.15, -0.1) is 0 Å². The first-order valence-corrected chi connectivity index (χ1v) is 8.93. The Morgan fingerprint density at radius 1 is 1.19 bits per heavy atom. The molecule has 0 spiro atoms. The van der Waals surface area contributed by atoms with Crippen molar-refractivity contribution < 1.29 is 18.7 Å². The molecule has 140 valence electrons. The second-order valence-electron chi connectivity index (χ2n) is 6.44. The second-order valence-corrected chi connectivity index (χ2v) is 6.44. The maximum Gasteiger partial charge on any atom is 0.224 e. The van der Waals surface area contributed by atoms with Crippen LogP contribution in [-0.4, -0.2) is 50.8 Å². The molecule has 1 aromatic carbocycles. The van der Waals surface area contributed by atoms with Gasteiger partial charge in [-0.25, -0.2) is 0 Å². The fourth-order valence-electron chi connectivity index (χ4n) is 3.13. The molecule has 2 heterocycles. The second kappa shape index (κ2) is 8.87. The molecular weight excluding hydrogens is 332 g/mol. The Labute approximate surface area is 154 Å².